The van der Waals surface area contributed by atoms with E-state index in [0.717, 1.165) is 6.07 Å². The number of hydrogen-bond acceptors (Lipinski definition) is 3. The van der Waals surface area contributed by atoms with Crippen molar-refractivity contribution in [2.75, 3.05) is 6.67 Å². The topological polar surface area (TPSA) is 55.2 Å². The number of nitro benzene ring substituents is 1. The van der Waals surface area contributed by atoms with Gasteiger partial charge < -0.3 is 5.32 Å². The standard InChI is InChI=1S/C12H11F3N2O2S/c13-5-6-1-2-10(16-12(6)20)8-3-7(17(18)19)4-9(14)11(8)15/h3-4,6,10H,1-2,5H2,(H,16,20). The zero-order valence-electron chi connectivity index (χ0n) is 10.2. The van der Waals surface area contributed by atoms with E-state index in [4.69, 9.17) is 12.2 Å². The van der Waals surface area contributed by atoms with Crippen LogP contribution in [0.4, 0.5) is 18.9 Å². The van der Waals surface area contributed by atoms with Crippen LogP contribution in [0.5, 0.6) is 0 Å². The number of rotatable bonds is 3. The molecule has 0 radical (unpaired) electrons. The summed E-state index contributed by atoms with van der Waals surface area (Å²) in [4.78, 5) is 10.1. The largest absolute Gasteiger partial charge is 0.372 e. The number of hydrogen-bond donors (Lipinski definition) is 1. The van der Waals surface area contributed by atoms with Crippen LogP contribution in [0.15, 0.2) is 12.1 Å². The smallest absolute Gasteiger partial charge is 0.272 e. The Morgan fingerprint density at radius 1 is 1.40 bits per heavy atom. The molecule has 0 aliphatic carbocycles. The lowest BCUT2D eigenvalue weighted by molar-refractivity contribution is -0.385. The number of halogens is 3. The first-order chi connectivity index (χ1) is 9.43. The van der Waals surface area contributed by atoms with E-state index in [-0.39, 0.29) is 10.6 Å². The fourth-order valence-electron chi connectivity index (χ4n) is 2.20. The normalized spacial score (nSPS) is 22.4. The van der Waals surface area contributed by atoms with E-state index in [1.807, 2.05) is 0 Å². The van der Waals surface area contributed by atoms with Gasteiger partial charge in [-0.3, -0.25) is 14.5 Å². The molecule has 0 spiro atoms. The van der Waals surface area contributed by atoms with Gasteiger partial charge in [-0.15, -0.1) is 0 Å². The van der Waals surface area contributed by atoms with Crippen molar-refractivity contribution in [3.63, 3.8) is 0 Å². The van der Waals surface area contributed by atoms with Gasteiger partial charge in [-0.05, 0) is 12.8 Å². The highest BCUT2D eigenvalue weighted by Crippen LogP contribution is 2.32. The van der Waals surface area contributed by atoms with Crippen molar-refractivity contribution in [3.05, 3.63) is 39.4 Å². The molecule has 0 bridgehead atoms. The molecule has 1 saturated heterocycles. The van der Waals surface area contributed by atoms with Crippen molar-refractivity contribution in [2.45, 2.75) is 18.9 Å². The molecule has 1 aromatic rings. The fourth-order valence-corrected chi connectivity index (χ4v) is 2.52. The molecule has 2 atom stereocenters. The molecule has 2 rings (SSSR count). The molecule has 0 amide bonds. The molecule has 1 aliphatic rings. The van der Waals surface area contributed by atoms with Crippen LogP contribution < -0.4 is 5.32 Å². The number of nitro groups is 1. The zero-order chi connectivity index (χ0) is 14.9. The van der Waals surface area contributed by atoms with Crippen molar-refractivity contribution < 1.29 is 18.1 Å². The molecule has 8 heteroatoms. The Balaban J connectivity index is 2.33. The van der Waals surface area contributed by atoms with Gasteiger partial charge in [0.15, 0.2) is 11.6 Å². The summed E-state index contributed by atoms with van der Waals surface area (Å²) in [7, 11) is 0. The quantitative estimate of drug-likeness (QED) is 0.529. The Bertz CT molecular complexity index is 568. The van der Waals surface area contributed by atoms with Crippen LogP contribution in [-0.2, 0) is 0 Å². The van der Waals surface area contributed by atoms with Gasteiger partial charge in [0.2, 0.25) is 0 Å². The van der Waals surface area contributed by atoms with Gasteiger partial charge >= 0.3 is 0 Å². The monoisotopic (exact) mass is 304 g/mol. The molecule has 0 aromatic heterocycles. The molecule has 1 heterocycles. The third-order valence-electron chi connectivity index (χ3n) is 3.30. The first kappa shape index (κ1) is 14.7. The number of nitrogens with one attached hydrogen (secondary N) is 1. The van der Waals surface area contributed by atoms with Crippen LogP contribution in [0, 0.1) is 27.7 Å². The third kappa shape index (κ3) is 2.74. The highest BCUT2D eigenvalue weighted by Gasteiger charge is 2.30. The summed E-state index contributed by atoms with van der Waals surface area (Å²) in [6.07, 6.45) is 0.711. The summed E-state index contributed by atoms with van der Waals surface area (Å²) >= 11 is 4.96. The number of thiocarbonyl (C=S) groups is 1. The van der Waals surface area contributed by atoms with Gasteiger partial charge in [-0.1, -0.05) is 12.2 Å². The highest BCUT2D eigenvalue weighted by atomic mass is 32.1. The second-order valence-electron chi connectivity index (χ2n) is 4.58. The van der Waals surface area contributed by atoms with E-state index in [1.54, 1.807) is 0 Å². The minimum absolute atomic E-state index is 0.156. The Hall–Kier alpha value is -1.70. The number of nitrogens with zero attached hydrogens (tertiary/aromatic N) is 1. The van der Waals surface area contributed by atoms with Crippen LogP contribution in [0.2, 0.25) is 0 Å². The molecule has 20 heavy (non-hydrogen) atoms. The van der Waals surface area contributed by atoms with Crippen LogP contribution in [0.3, 0.4) is 0 Å². The zero-order valence-corrected chi connectivity index (χ0v) is 11.1. The van der Waals surface area contributed by atoms with Gasteiger partial charge in [0.1, 0.15) is 0 Å². The molecular weight excluding hydrogens is 293 g/mol. The van der Waals surface area contributed by atoms with E-state index in [9.17, 15) is 23.3 Å². The van der Waals surface area contributed by atoms with Crippen molar-refractivity contribution in [3.8, 4) is 0 Å². The number of piperidine rings is 1. The van der Waals surface area contributed by atoms with Gasteiger partial charge in [0, 0.05) is 17.5 Å². The SMILES string of the molecule is O=[N+]([O-])c1cc(F)c(F)c(C2CCC(CF)C(=S)N2)c1. The third-order valence-corrected chi connectivity index (χ3v) is 3.76. The predicted molar refractivity (Wildman–Crippen MR) is 70.2 cm³/mol. The minimum Gasteiger partial charge on any atom is -0.372 e. The number of alkyl halides is 1. The van der Waals surface area contributed by atoms with Crippen molar-refractivity contribution in [1.29, 1.82) is 0 Å². The lowest BCUT2D eigenvalue weighted by Gasteiger charge is -2.30. The fraction of sp³-hybridized carbons (Fsp3) is 0.417. The van der Waals surface area contributed by atoms with Crippen molar-refractivity contribution >= 4 is 22.9 Å². The average molecular weight is 304 g/mol. The van der Waals surface area contributed by atoms with E-state index in [2.05, 4.69) is 5.32 Å². The molecule has 2 unspecified atom stereocenters. The molecule has 1 aromatic carbocycles. The summed E-state index contributed by atoms with van der Waals surface area (Å²) in [5.74, 6) is -2.86. The first-order valence-electron chi connectivity index (χ1n) is 5.93. The summed E-state index contributed by atoms with van der Waals surface area (Å²) in [5, 5.41) is 13.4. The summed E-state index contributed by atoms with van der Waals surface area (Å²) in [5.41, 5.74) is -0.685. The highest BCUT2D eigenvalue weighted by molar-refractivity contribution is 7.80. The molecule has 1 N–H and O–H groups in total. The van der Waals surface area contributed by atoms with E-state index < -0.39 is 40.9 Å². The van der Waals surface area contributed by atoms with Gasteiger partial charge in [-0.2, -0.15) is 0 Å². The maximum Gasteiger partial charge on any atom is 0.272 e. The van der Waals surface area contributed by atoms with Gasteiger partial charge in [0.25, 0.3) is 5.69 Å². The van der Waals surface area contributed by atoms with E-state index in [0.29, 0.717) is 18.9 Å². The maximum atomic E-state index is 13.8. The molecule has 0 saturated carbocycles. The van der Waals surface area contributed by atoms with Crippen molar-refractivity contribution in [2.24, 2.45) is 5.92 Å². The maximum absolute atomic E-state index is 13.8. The number of benzene rings is 1. The second-order valence-corrected chi connectivity index (χ2v) is 5.02. The molecule has 1 fully saturated rings. The Labute approximate surface area is 118 Å². The predicted octanol–water partition coefficient (Wildman–Crippen LogP) is 3.21. The molecule has 4 nitrogen and oxygen atoms in total. The van der Waals surface area contributed by atoms with Gasteiger partial charge in [0.05, 0.1) is 28.7 Å². The summed E-state index contributed by atoms with van der Waals surface area (Å²) in [6.45, 7) is -0.621. The summed E-state index contributed by atoms with van der Waals surface area (Å²) < 4.78 is 39.8. The van der Waals surface area contributed by atoms with Crippen molar-refractivity contribution in [1.82, 2.24) is 5.32 Å². The molecular formula is C12H11F3N2O2S. The van der Waals surface area contributed by atoms with Crippen LogP contribution in [0.25, 0.3) is 0 Å². The number of non-ortho nitro benzene ring substituents is 1. The Morgan fingerprint density at radius 3 is 2.65 bits per heavy atom. The minimum atomic E-state index is -1.28. The average Bonchev–Trinajstić information content (AvgIpc) is 2.41. The molecule has 108 valence electrons. The lowest BCUT2D eigenvalue weighted by Crippen LogP contribution is -2.39. The van der Waals surface area contributed by atoms with E-state index in [1.165, 1.54) is 0 Å². The van der Waals surface area contributed by atoms with Crippen LogP contribution in [0.1, 0.15) is 24.4 Å². The Kier molecular flexibility index (Phi) is 4.22. The molecule has 1 aliphatic heterocycles. The van der Waals surface area contributed by atoms with Crippen LogP contribution >= 0.6 is 12.2 Å². The first-order valence-corrected chi connectivity index (χ1v) is 6.34. The second kappa shape index (κ2) is 5.74. The van der Waals surface area contributed by atoms with E-state index >= 15 is 0 Å². The van der Waals surface area contributed by atoms with Gasteiger partial charge in [-0.25, -0.2) is 8.78 Å². The summed E-state index contributed by atoms with van der Waals surface area (Å²) in [6, 6.07) is 0.832. The lowest BCUT2D eigenvalue weighted by atomic mass is 9.91. The van der Waals surface area contributed by atoms with Crippen LogP contribution in [-0.4, -0.2) is 16.6 Å². The Morgan fingerprint density at radius 2 is 2.10 bits per heavy atom.